The number of hydrogen-bond donors (Lipinski definition) is 1. The number of para-hydroxylation sites is 1. The van der Waals surface area contributed by atoms with Crippen molar-refractivity contribution in [2.24, 2.45) is 0 Å². The number of nitrogens with one attached hydrogen (secondary N) is 1. The van der Waals surface area contributed by atoms with Crippen LogP contribution >= 0.6 is 0 Å². The highest BCUT2D eigenvalue weighted by molar-refractivity contribution is 5.93. The van der Waals surface area contributed by atoms with Crippen molar-refractivity contribution in [3.8, 4) is 5.69 Å². The molecule has 0 aliphatic heterocycles. The predicted octanol–water partition coefficient (Wildman–Crippen LogP) is 4.01. The second-order valence-corrected chi connectivity index (χ2v) is 6.39. The summed E-state index contributed by atoms with van der Waals surface area (Å²) in [4.78, 5) is 24.0. The Hall–Kier alpha value is -3.41. The topological polar surface area (TPSA) is 73.2 Å². The molecule has 0 bridgehead atoms. The second kappa shape index (κ2) is 9.50. The Morgan fingerprint density at radius 2 is 1.82 bits per heavy atom. The molecule has 0 saturated heterocycles. The highest BCUT2D eigenvalue weighted by Gasteiger charge is 2.08. The molecular weight excluding hydrogens is 354 g/mol. The number of benzene rings is 2. The minimum atomic E-state index is -0.352. The lowest BCUT2D eigenvalue weighted by Gasteiger charge is -2.06. The van der Waals surface area contributed by atoms with E-state index in [9.17, 15) is 9.59 Å². The zero-order valence-corrected chi connectivity index (χ0v) is 15.8. The molecule has 0 radical (unpaired) electrons. The summed E-state index contributed by atoms with van der Waals surface area (Å²) < 4.78 is 6.88. The van der Waals surface area contributed by atoms with Crippen molar-refractivity contribution < 1.29 is 14.3 Å². The first-order chi connectivity index (χ1) is 13.7. The van der Waals surface area contributed by atoms with Crippen LogP contribution in [0.25, 0.3) is 5.69 Å². The number of carbonyl (C=O) groups is 2. The van der Waals surface area contributed by atoms with Crippen molar-refractivity contribution in [2.75, 3.05) is 11.9 Å². The molecule has 144 valence electrons. The number of anilines is 1. The van der Waals surface area contributed by atoms with E-state index in [4.69, 9.17) is 4.74 Å². The van der Waals surface area contributed by atoms with Crippen LogP contribution in [0.2, 0.25) is 0 Å². The summed E-state index contributed by atoms with van der Waals surface area (Å²) in [6.07, 6.45) is 5.43. The first-order valence-electron chi connectivity index (χ1n) is 9.31. The summed E-state index contributed by atoms with van der Waals surface area (Å²) in [7, 11) is 0. The van der Waals surface area contributed by atoms with E-state index in [2.05, 4.69) is 10.4 Å². The van der Waals surface area contributed by atoms with Crippen LogP contribution in [0.3, 0.4) is 0 Å². The lowest BCUT2D eigenvalue weighted by molar-refractivity contribution is -0.116. The number of hydrogen-bond acceptors (Lipinski definition) is 4. The van der Waals surface area contributed by atoms with Gasteiger partial charge >= 0.3 is 5.97 Å². The summed E-state index contributed by atoms with van der Waals surface area (Å²) in [6.45, 7) is 2.34. The highest BCUT2D eigenvalue weighted by Crippen LogP contribution is 2.13. The van der Waals surface area contributed by atoms with E-state index in [0.717, 1.165) is 17.7 Å². The Bertz CT molecular complexity index is 918. The van der Waals surface area contributed by atoms with Crippen molar-refractivity contribution in [3.63, 3.8) is 0 Å². The van der Waals surface area contributed by atoms with Crippen molar-refractivity contribution in [3.05, 3.63) is 78.1 Å². The molecule has 28 heavy (non-hydrogen) atoms. The van der Waals surface area contributed by atoms with Crippen LogP contribution in [0.15, 0.2) is 67.0 Å². The molecule has 0 aliphatic carbocycles. The van der Waals surface area contributed by atoms with E-state index in [0.29, 0.717) is 30.7 Å². The van der Waals surface area contributed by atoms with Crippen molar-refractivity contribution >= 4 is 17.6 Å². The van der Waals surface area contributed by atoms with Gasteiger partial charge in [0.15, 0.2) is 0 Å². The van der Waals surface area contributed by atoms with Crippen molar-refractivity contribution in [2.45, 2.75) is 26.2 Å². The number of carbonyl (C=O) groups excluding carboxylic acids is 2. The molecule has 2 aromatic carbocycles. The Labute approximate surface area is 164 Å². The number of rotatable bonds is 8. The van der Waals surface area contributed by atoms with Crippen LogP contribution in [0.1, 0.15) is 35.7 Å². The molecule has 0 fully saturated rings. The molecule has 1 amide bonds. The lowest BCUT2D eigenvalue weighted by Crippen LogP contribution is -2.12. The van der Waals surface area contributed by atoms with E-state index in [1.54, 1.807) is 35.1 Å². The number of aryl methyl sites for hydroxylation is 1. The summed E-state index contributed by atoms with van der Waals surface area (Å²) in [5, 5.41) is 7.18. The number of aromatic nitrogens is 2. The number of esters is 1. The zero-order valence-electron chi connectivity index (χ0n) is 15.8. The maximum Gasteiger partial charge on any atom is 0.338 e. The van der Waals surface area contributed by atoms with Crippen LogP contribution in [0.4, 0.5) is 5.69 Å². The lowest BCUT2D eigenvalue weighted by atomic mass is 10.2. The molecule has 6 nitrogen and oxygen atoms in total. The van der Waals surface area contributed by atoms with E-state index >= 15 is 0 Å². The SMILES string of the molecule is CCCOC(=O)c1ccc(NC(=O)CCc2cnn(-c3ccccc3)c2)cc1. The fourth-order valence-electron chi connectivity index (χ4n) is 2.66. The fourth-order valence-corrected chi connectivity index (χ4v) is 2.66. The average Bonchev–Trinajstić information content (AvgIpc) is 3.21. The van der Waals surface area contributed by atoms with Crippen molar-refractivity contribution in [1.29, 1.82) is 0 Å². The maximum atomic E-state index is 12.2. The molecule has 0 aliphatic rings. The minimum Gasteiger partial charge on any atom is -0.462 e. The van der Waals surface area contributed by atoms with Crippen LogP contribution in [-0.4, -0.2) is 28.3 Å². The summed E-state index contributed by atoms with van der Waals surface area (Å²) in [5.74, 6) is -0.441. The minimum absolute atomic E-state index is 0.0891. The van der Waals surface area contributed by atoms with E-state index in [-0.39, 0.29) is 11.9 Å². The Morgan fingerprint density at radius 3 is 2.54 bits per heavy atom. The van der Waals surface area contributed by atoms with E-state index < -0.39 is 0 Å². The second-order valence-electron chi connectivity index (χ2n) is 6.39. The molecule has 0 atom stereocenters. The molecule has 1 aromatic heterocycles. The van der Waals surface area contributed by atoms with Gasteiger partial charge < -0.3 is 10.1 Å². The van der Waals surface area contributed by atoms with E-state index in [1.165, 1.54) is 0 Å². The van der Waals surface area contributed by atoms with Gasteiger partial charge in [-0.05, 0) is 54.8 Å². The Morgan fingerprint density at radius 1 is 1.07 bits per heavy atom. The summed E-state index contributed by atoms with van der Waals surface area (Å²) in [6, 6.07) is 16.5. The van der Waals surface area contributed by atoms with Gasteiger partial charge in [0, 0.05) is 18.3 Å². The molecule has 3 aromatic rings. The van der Waals surface area contributed by atoms with Gasteiger partial charge in [-0.3, -0.25) is 4.79 Å². The molecule has 0 unspecified atom stereocenters. The molecular formula is C22H23N3O3. The Kier molecular flexibility index (Phi) is 6.57. The number of amides is 1. The fraction of sp³-hybridized carbons (Fsp3) is 0.227. The van der Waals surface area contributed by atoms with Gasteiger partial charge in [-0.15, -0.1) is 0 Å². The predicted molar refractivity (Wildman–Crippen MR) is 108 cm³/mol. The van der Waals surface area contributed by atoms with Gasteiger partial charge in [-0.25, -0.2) is 9.48 Å². The first kappa shape index (κ1) is 19.4. The van der Waals surface area contributed by atoms with Crippen LogP contribution < -0.4 is 5.32 Å². The van der Waals surface area contributed by atoms with Gasteiger partial charge in [-0.1, -0.05) is 25.1 Å². The summed E-state index contributed by atoms with van der Waals surface area (Å²) >= 11 is 0. The van der Waals surface area contributed by atoms with Crippen LogP contribution in [0, 0.1) is 0 Å². The molecule has 0 spiro atoms. The summed E-state index contributed by atoms with van der Waals surface area (Å²) in [5.41, 5.74) is 3.10. The highest BCUT2D eigenvalue weighted by atomic mass is 16.5. The third-order valence-corrected chi connectivity index (χ3v) is 4.14. The number of nitrogens with zero attached hydrogens (tertiary/aromatic N) is 2. The standard InChI is InChI=1S/C22H23N3O3/c1-2-14-28-22(27)18-9-11-19(12-10-18)24-21(26)13-8-17-15-23-25(16-17)20-6-4-3-5-7-20/h3-7,9-12,15-16H,2,8,13-14H2,1H3,(H,24,26). The molecule has 1 N–H and O–H groups in total. The van der Waals surface area contributed by atoms with Gasteiger partial charge in [0.05, 0.1) is 24.1 Å². The number of ether oxygens (including phenoxy) is 1. The van der Waals surface area contributed by atoms with Gasteiger partial charge in [0.1, 0.15) is 0 Å². The quantitative estimate of drug-likeness (QED) is 0.602. The van der Waals surface area contributed by atoms with Crippen LogP contribution in [0.5, 0.6) is 0 Å². The van der Waals surface area contributed by atoms with Crippen molar-refractivity contribution in [1.82, 2.24) is 9.78 Å². The molecule has 3 rings (SSSR count). The van der Waals surface area contributed by atoms with Gasteiger partial charge in [-0.2, -0.15) is 5.10 Å². The van der Waals surface area contributed by atoms with Gasteiger partial charge in [0.2, 0.25) is 5.91 Å². The van der Waals surface area contributed by atoms with Crippen LogP contribution in [-0.2, 0) is 16.0 Å². The smallest absolute Gasteiger partial charge is 0.338 e. The average molecular weight is 377 g/mol. The van der Waals surface area contributed by atoms with Gasteiger partial charge in [0.25, 0.3) is 0 Å². The molecule has 0 saturated carbocycles. The largest absolute Gasteiger partial charge is 0.462 e. The zero-order chi connectivity index (χ0) is 19.8. The van der Waals surface area contributed by atoms with E-state index in [1.807, 2.05) is 43.5 Å². The molecule has 6 heteroatoms. The monoisotopic (exact) mass is 377 g/mol. The normalized spacial score (nSPS) is 10.5. The molecule has 1 heterocycles. The Balaban J connectivity index is 1.49. The third kappa shape index (κ3) is 5.30. The third-order valence-electron chi connectivity index (χ3n) is 4.14. The maximum absolute atomic E-state index is 12.2. The first-order valence-corrected chi connectivity index (χ1v) is 9.31.